The van der Waals surface area contributed by atoms with E-state index in [-0.39, 0.29) is 5.91 Å². The molecule has 0 N–H and O–H groups in total. The summed E-state index contributed by atoms with van der Waals surface area (Å²) in [5.41, 5.74) is 3.72. The highest BCUT2D eigenvalue weighted by Gasteiger charge is 2.33. The van der Waals surface area contributed by atoms with Crippen molar-refractivity contribution in [1.29, 1.82) is 5.26 Å². The number of halogens is 1. The third-order valence-electron chi connectivity index (χ3n) is 6.18. The van der Waals surface area contributed by atoms with Crippen LogP contribution in [0.4, 0.5) is 5.82 Å². The monoisotopic (exact) mass is 450 g/mol. The molecular formula is C23H23BrN4O. The first-order valence-corrected chi connectivity index (χ1v) is 11.2. The van der Waals surface area contributed by atoms with E-state index in [4.69, 9.17) is 4.98 Å². The average Bonchev–Trinajstić information content (AvgIpc) is 3.66. The molecule has 0 atom stereocenters. The molecule has 1 amide bonds. The van der Waals surface area contributed by atoms with Crippen molar-refractivity contribution in [3.8, 4) is 6.07 Å². The molecule has 0 spiro atoms. The first-order valence-electron chi connectivity index (χ1n) is 10.4. The van der Waals surface area contributed by atoms with Gasteiger partial charge in [0, 0.05) is 36.8 Å². The Bertz CT molecular complexity index is 998. The number of amides is 1. The Kier molecular flexibility index (Phi) is 4.79. The predicted molar refractivity (Wildman–Crippen MR) is 115 cm³/mol. The first kappa shape index (κ1) is 18.6. The molecule has 3 fully saturated rings. The van der Waals surface area contributed by atoms with Gasteiger partial charge in [-0.3, -0.25) is 4.79 Å². The minimum atomic E-state index is -0.0619. The van der Waals surface area contributed by atoms with Crippen LogP contribution in [0, 0.1) is 11.3 Å². The van der Waals surface area contributed by atoms with Gasteiger partial charge in [-0.15, -0.1) is 0 Å². The van der Waals surface area contributed by atoms with Crippen molar-refractivity contribution in [3.05, 3.63) is 57.2 Å². The quantitative estimate of drug-likeness (QED) is 0.690. The summed E-state index contributed by atoms with van der Waals surface area (Å²) < 4.78 is 0.809. The summed E-state index contributed by atoms with van der Waals surface area (Å²) in [7, 11) is 0. The minimum Gasteiger partial charge on any atom is -0.353 e. The summed E-state index contributed by atoms with van der Waals surface area (Å²) in [4.78, 5) is 22.0. The number of aromatic nitrogens is 1. The van der Waals surface area contributed by atoms with Gasteiger partial charge in [0.15, 0.2) is 0 Å². The zero-order chi connectivity index (χ0) is 20.0. The second-order valence-electron chi connectivity index (χ2n) is 8.31. The van der Waals surface area contributed by atoms with Gasteiger partial charge in [-0.1, -0.05) is 22.0 Å². The predicted octanol–water partition coefficient (Wildman–Crippen LogP) is 4.43. The second kappa shape index (κ2) is 7.46. The lowest BCUT2D eigenvalue weighted by Gasteiger charge is -2.36. The van der Waals surface area contributed by atoms with Gasteiger partial charge in [-0.25, -0.2) is 4.98 Å². The fourth-order valence-electron chi connectivity index (χ4n) is 4.18. The number of carbonyl (C=O) groups excluding carboxylic acids is 1. The average molecular weight is 451 g/mol. The lowest BCUT2D eigenvalue weighted by molar-refractivity contribution is 0.0746. The number of benzene rings is 1. The highest BCUT2D eigenvalue weighted by Crippen LogP contribution is 2.47. The summed E-state index contributed by atoms with van der Waals surface area (Å²) in [5.74, 6) is 2.44. The Balaban J connectivity index is 1.31. The highest BCUT2D eigenvalue weighted by atomic mass is 79.9. The van der Waals surface area contributed by atoms with Crippen LogP contribution in [-0.2, 0) is 0 Å². The van der Waals surface area contributed by atoms with Gasteiger partial charge in [0.1, 0.15) is 5.82 Å². The number of hydrogen-bond donors (Lipinski definition) is 0. The Morgan fingerprint density at radius 3 is 2.45 bits per heavy atom. The van der Waals surface area contributed by atoms with Crippen LogP contribution in [0.25, 0.3) is 0 Å². The smallest absolute Gasteiger partial charge is 0.255 e. The molecule has 1 aromatic heterocycles. The maximum absolute atomic E-state index is 13.0. The fraction of sp³-hybridized carbons (Fsp3) is 0.435. The van der Waals surface area contributed by atoms with Crippen LogP contribution in [-0.4, -0.2) is 42.0 Å². The van der Waals surface area contributed by atoms with E-state index < -0.39 is 0 Å². The van der Waals surface area contributed by atoms with Crippen LogP contribution in [0.5, 0.6) is 0 Å². The molecule has 2 saturated carbocycles. The van der Waals surface area contributed by atoms with E-state index in [9.17, 15) is 10.1 Å². The lowest BCUT2D eigenvalue weighted by atomic mass is 10.1. The van der Waals surface area contributed by atoms with E-state index in [1.807, 2.05) is 11.0 Å². The van der Waals surface area contributed by atoms with Crippen molar-refractivity contribution in [2.45, 2.75) is 37.5 Å². The normalized spacial score (nSPS) is 19.2. The molecule has 5 rings (SSSR count). The largest absolute Gasteiger partial charge is 0.353 e. The minimum absolute atomic E-state index is 0.0619. The highest BCUT2D eigenvalue weighted by molar-refractivity contribution is 9.10. The molecule has 0 radical (unpaired) electrons. The molecule has 148 valence electrons. The number of carbonyl (C=O) groups is 1. The molecule has 29 heavy (non-hydrogen) atoms. The van der Waals surface area contributed by atoms with Gasteiger partial charge in [0.25, 0.3) is 5.91 Å². The van der Waals surface area contributed by atoms with Gasteiger partial charge in [-0.05, 0) is 66.8 Å². The van der Waals surface area contributed by atoms with Crippen molar-refractivity contribution in [2.75, 3.05) is 31.1 Å². The molecule has 0 unspecified atom stereocenters. The van der Waals surface area contributed by atoms with Gasteiger partial charge in [0.05, 0.1) is 17.2 Å². The van der Waals surface area contributed by atoms with Gasteiger partial charge in [-0.2, -0.15) is 5.26 Å². The molecule has 5 nitrogen and oxygen atoms in total. The zero-order valence-electron chi connectivity index (χ0n) is 16.3. The Morgan fingerprint density at radius 1 is 1.07 bits per heavy atom. The Hall–Kier alpha value is -2.39. The number of rotatable bonds is 4. The maximum atomic E-state index is 13.0. The molecule has 1 aliphatic heterocycles. The molecule has 0 bridgehead atoms. The number of nitrogens with zero attached hydrogens (tertiary/aromatic N) is 4. The van der Waals surface area contributed by atoms with Gasteiger partial charge in [0.2, 0.25) is 0 Å². The van der Waals surface area contributed by atoms with Crippen molar-refractivity contribution < 1.29 is 4.79 Å². The molecule has 1 aromatic carbocycles. The first-order chi connectivity index (χ1) is 14.1. The molecule has 3 aliphatic rings. The van der Waals surface area contributed by atoms with Crippen molar-refractivity contribution >= 4 is 27.7 Å². The number of hydrogen-bond acceptors (Lipinski definition) is 4. The zero-order valence-corrected chi connectivity index (χ0v) is 17.9. The number of pyridine rings is 1. The molecule has 1 saturated heterocycles. The number of anilines is 1. The number of piperazine rings is 1. The SMILES string of the molecule is N#Cc1cc(Br)ccc1C(=O)N1CCN(c2ncc(C3CC3)cc2C2CC2)CC1. The summed E-state index contributed by atoms with van der Waals surface area (Å²) >= 11 is 3.37. The number of nitriles is 1. The van der Waals surface area contributed by atoms with Gasteiger partial charge >= 0.3 is 0 Å². The molecular weight excluding hydrogens is 428 g/mol. The van der Waals surface area contributed by atoms with Crippen LogP contribution in [0.1, 0.15) is 64.6 Å². The van der Waals surface area contributed by atoms with Crippen molar-refractivity contribution in [2.24, 2.45) is 0 Å². The van der Waals surface area contributed by atoms with Crippen molar-refractivity contribution in [3.63, 3.8) is 0 Å². The topological polar surface area (TPSA) is 60.2 Å². The molecule has 2 aromatic rings. The van der Waals surface area contributed by atoms with Crippen LogP contribution in [0.2, 0.25) is 0 Å². The summed E-state index contributed by atoms with van der Waals surface area (Å²) in [6, 6.07) is 9.80. The fourth-order valence-corrected chi connectivity index (χ4v) is 4.54. The van der Waals surface area contributed by atoms with E-state index in [1.165, 1.54) is 36.8 Å². The maximum Gasteiger partial charge on any atom is 0.255 e. The summed E-state index contributed by atoms with van der Waals surface area (Å²) in [6.07, 6.45) is 7.19. The van der Waals surface area contributed by atoms with E-state index in [0.29, 0.717) is 30.1 Å². The van der Waals surface area contributed by atoms with Crippen LogP contribution < -0.4 is 4.90 Å². The van der Waals surface area contributed by atoms with E-state index in [1.54, 1.807) is 12.1 Å². The standard InChI is InChI=1S/C23H23BrN4O/c24-19-5-6-20(17(11-19)13-25)23(29)28-9-7-27(8-10-28)22-21(16-3-4-16)12-18(14-26-22)15-1-2-15/h5-6,11-12,14-16H,1-4,7-10H2. The summed E-state index contributed by atoms with van der Waals surface area (Å²) in [5, 5.41) is 9.38. The van der Waals surface area contributed by atoms with Crippen LogP contribution in [0.3, 0.4) is 0 Å². The van der Waals surface area contributed by atoms with Gasteiger partial charge < -0.3 is 9.80 Å². The Labute approximate surface area is 179 Å². The van der Waals surface area contributed by atoms with Crippen molar-refractivity contribution in [1.82, 2.24) is 9.88 Å². The molecule has 2 heterocycles. The third kappa shape index (κ3) is 3.76. The third-order valence-corrected chi connectivity index (χ3v) is 6.67. The van der Waals surface area contributed by atoms with Crippen LogP contribution in [0.15, 0.2) is 34.9 Å². The van der Waals surface area contributed by atoms with E-state index >= 15 is 0 Å². The van der Waals surface area contributed by atoms with Crippen LogP contribution >= 0.6 is 15.9 Å². The Morgan fingerprint density at radius 2 is 1.79 bits per heavy atom. The molecule has 2 aliphatic carbocycles. The summed E-state index contributed by atoms with van der Waals surface area (Å²) in [6.45, 7) is 2.85. The second-order valence-corrected chi connectivity index (χ2v) is 9.23. The van der Waals surface area contributed by atoms with E-state index in [0.717, 1.165) is 29.3 Å². The molecule has 6 heteroatoms. The van der Waals surface area contributed by atoms with E-state index in [2.05, 4.69) is 39.2 Å². The lowest BCUT2D eigenvalue weighted by Crippen LogP contribution is -2.49.